The molecule has 6 nitrogen and oxygen atoms in total. The second-order valence-corrected chi connectivity index (χ2v) is 7.15. The summed E-state index contributed by atoms with van der Waals surface area (Å²) in [6.07, 6.45) is -1.86. The van der Waals surface area contributed by atoms with Crippen LogP contribution in [0.3, 0.4) is 0 Å². The number of nitrogens with zero attached hydrogens (tertiary/aromatic N) is 4. The lowest BCUT2D eigenvalue weighted by molar-refractivity contribution is -0.141. The van der Waals surface area contributed by atoms with Gasteiger partial charge in [0, 0.05) is 18.0 Å². The lowest BCUT2D eigenvalue weighted by Gasteiger charge is -2.14. The van der Waals surface area contributed by atoms with Gasteiger partial charge in [0.2, 0.25) is 5.91 Å². The van der Waals surface area contributed by atoms with E-state index in [2.05, 4.69) is 19.9 Å². The van der Waals surface area contributed by atoms with Crippen LogP contribution in [0.15, 0.2) is 54.9 Å². The van der Waals surface area contributed by atoms with Crippen molar-refractivity contribution in [2.24, 2.45) is 5.73 Å². The molecule has 4 aromatic rings. The van der Waals surface area contributed by atoms with Crippen LogP contribution in [0.2, 0.25) is 0 Å². The van der Waals surface area contributed by atoms with Crippen LogP contribution >= 0.6 is 11.3 Å². The lowest BCUT2D eigenvalue weighted by atomic mass is 10.1. The van der Waals surface area contributed by atoms with E-state index in [-0.39, 0.29) is 16.5 Å². The molecule has 0 saturated heterocycles. The molecule has 2 N–H and O–H groups in total. The monoisotopic (exact) mass is 415 g/mol. The number of carbonyl (C=O) groups is 1. The topological polar surface area (TPSA) is 94.7 Å². The fourth-order valence-electron chi connectivity index (χ4n) is 2.78. The summed E-state index contributed by atoms with van der Waals surface area (Å²) in [5, 5.41) is 0.232. The van der Waals surface area contributed by atoms with E-state index in [0.717, 1.165) is 22.1 Å². The molecule has 1 aromatic carbocycles. The zero-order valence-corrected chi connectivity index (χ0v) is 15.4. The average molecular weight is 415 g/mol. The number of amides is 1. The Morgan fingerprint density at radius 2 is 1.86 bits per heavy atom. The number of nitrogens with two attached hydrogens (primary N) is 1. The number of hydrogen-bond donors (Lipinski definition) is 1. The highest BCUT2D eigenvalue weighted by Gasteiger charge is 2.36. The highest BCUT2D eigenvalue weighted by molar-refractivity contribution is 7.18. The van der Waals surface area contributed by atoms with Crippen molar-refractivity contribution >= 4 is 27.5 Å². The molecule has 1 amide bonds. The maximum atomic E-state index is 13.5. The Hall–Kier alpha value is -3.40. The summed E-state index contributed by atoms with van der Waals surface area (Å²) < 4.78 is 41.2. The van der Waals surface area contributed by atoms with E-state index >= 15 is 0 Å². The zero-order valence-electron chi connectivity index (χ0n) is 14.6. The fourth-order valence-corrected chi connectivity index (χ4v) is 3.85. The Bertz CT molecular complexity index is 1160. The van der Waals surface area contributed by atoms with E-state index in [4.69, 9.17) is 5.73 Å². The third-order valence-electron chi connectivity index (χ3n) is 4.09. The van der Waals surface area contributed by atoms with Gasteiger partial charge in [-0.05, 0) is 30.3 Å². The number of carbonyl (C=O) groups excluding carboxylic acids is 1. The molecule has 0 aliphatic heterocycles. The van der Waals surface area contributed by atoms with Crippen LogP contribution in [0.25, 0.3) is 21.5 Å². The van der Waals surface area contributed by atoms with E-state index in [1.54, 1.807) is 36.4 Å². The molecular weight excluding hydrogens is 403 g/mol. The van der Waals surface area contributed by atoms with Crippen LogP contribution in [0.5, 0.6) is 0 Å². The first-order valence-electron chi connectivity index (χ1n) is 8.34. The van der Waals surface area contributed by atoms with Crippen molar-refractivity contribution < 1.29 is 18.0 Å². The van der Waals surface area contributed by atoms with Gasteiger partial charge in [-0.3, -0.25) is 9.78 Å². The average Bonchev–Trinajstić information content (AvgIpc) is 3.11. The zero-order chi connectivity index (χ0) is 20.6. The summed E-state index contributed by atoms with van der Waals surface area (Å²) in [6.45, 7) is 0. The lowest BCUT2D eigenvalue weighted by Crippen LogP contribution is -2.25. The predicted octanol–water partition coefficient (Wildman–Crippen LogP) is 3.78. The van der Waals surface area contributed by atoms with Crippen LogP contribution in [0, 0.1) is 0 Å². The Balaban J connectivity index is 1.91. The van der Waals surface area contributed by atoms with Crippen molar-refractivity contribution in [3.63, 3.8) is 0 Å². The van der Waals surface area contributed by atoms with Gasteiger partial charge in [0.15, 0.2) is 0 Å². The summed E-state index contributed by atoms with van der Waals surface area (Å²) in [5.41, 5.74) is 5.31. The number of hydrogen-bond acceptors (Lipinski definition) is 6. The third kappa shape index (κ3) is 3.79. The first kappa shape index (κ1) is 18.9. The fraction of sp³-hybridized carbons (Fsp3) is 0.105. The van der Waals surface area contributed by atoms with Gasteiger partial charge in [-0.15, -0.1) is 11.3 Å². The number of aromatic nitrogens is 4. The Morgan fingerprint density at radius 3 is 2.52 bits per heavy atom. The molecule has 3 heterocycles. The smallest absolute Gasteiger partial charge is 0.369 e. The van der Waals surface area contributed by atoms with E-state index in [1.165, 1.54) is 12.4 Å². The third-order valence-corrected chi connectivity index (χ3v) is 5.19. The number of alkyl halides is 3. The molecule has 1 unspecified atom stereocenters. The highest BCUT2D eigenvalue weighted by Crippen LogP contribution is 2.34. The maximum absolute atomic E-state index is 13.5. The quantitative estimate of drug-likeness (QED) is 0.547. The highest BCUT2D eigenvalue weighted by atomic mass is 32.1. The van der Waals surface area contributed by atoms with Crippen molar-refractivity contribution in [2.45, 2.75) is 12.1 Å². The summed E-state index contributed by atoms with van der Waals surface area (Å²) in [5.74, 6) is -2.56. The molecule has 0 aliphatic carbocycles. The summed E-state index contributed by atoms with van der Waals surface area (Å²) in [4.78, 5) is 28.3. The second kappa shape index (κ2) is 7.21. The summed E-state index contributed by atoms with van der Waals surface area (Å²) in [7, 11) is 0. The van der Waals surface area contributed by atoms with Gasteiger partial charge < -0.3 is 5.73 Å². The standard InChI is InChI=1S/C19H12F3N5OS/c20-19(21,22)14-8-12(10-4-3-7-24-9-10)25-17(27-14)15(16(23)28)18-26-11-5-1-2-6-13(11)29-18/h1-9,15H,(H2,23,28). The number of pyridine rings is 1. The molecule has 10 heteroatoms. The number of halogens is 3. The van der Waals surface area contributed by atoms with Gasteiger partial charge >= 0.3 is 6.18 Å². The SMILES string of the molecule is NC(=O)C(c1nc(-c2cccnc2)cc(C(F)(F)F)n1)c1nc2ccccc2s1. The van der Waals surface area contributed by atoms with E-state index in [1.807, 2.05) is 0 Å². The first-order valence-corrected chi connectivity index (χ1v) is 9.16. The molecule has 0 saturated carbocycles. The number of para-hydroxylation sites is 1. The molecule has 3 aromatic heterocycles. The molecule has 0 bridgehead atoms. The minimum atomic E-state index is -4.73. The van der Waals surface area contributed by atoms with Gasteiger partial charge in [-0.2, -0.15) is 13.2 Å². The van der Waals surface area contributed by atoms with Crippen molar-refractivity contribution in [1.82, 2.24) is 19.9 Å². The van der Waals surface area contributed by atoms with Gasteiger partial charge in [0.1, 0.15) is 22.4 Å². The molecule has 0 fully saturated rings. The number of rotatable bonds is 4. The molecule has 29 heavy (non-hydrogen) atoms. The van der Waals surface area contributed by atoms with Crippen molar-refractivity contribution in [1.29, 1.82) is 0 Å². The number of primary amides is 1. The van der Waals surface area contributed by atoms with E-state index in [0.29, 0.717) is 11.1 Å². The van der Waals surface area contributed by atoms with Gasteiger partial charge in [0.05, 0.1) is 15.9 Å². The van der Waals surface area contributed by atoms with Crippen LogP contribution in [-0.4, -0.2) is 25.8 Å². The minimum absolute atomic E-state index is 0.0113. The largest absolute Gasteiger partial charge is 0.433 e. The minimum Gasteiger partial charge on any atom is -0.369 e. The maximum Gasteiger partial charge on any atom is 0.433 e. The number of thiazole rings is 1. The molecular formula is C19H12F3N5OS. The normalized spacial score (nSPS) is 12.8. The number of benzene rings is 1. The second-order valence-electron chi connectivity index (χ2n) is 6.09. The van der Waals surface area contributed by atoms with Crippen LogP contribution in [0.4, 0.5) is 13.2 Å². The van der Waals surface area contributed by atoms with Crippen LogP contribution < -0.4 is 5.73 Å². The van der Waals surface area contributed by atoms with Gasteiger partial charge in [0.25, 0.3) is 0 Å². The van der Waals surface area contributed by atoms with E-state index in [9.17, 15) is 18.0 Å². The van der Waals surface area contributed by atoms with Crippen LogP contribution in [-0.2, 0) is 11.0 Å². The van der Waals surface area contributed by atoms with Gasteiger partial charge in [-0.1, -0.05) is 12.1 Å². The van der Waals surface area contributed by atoms with Crippen molar-refractivity contribution in [3.8, 4) is 11.3 Å². The molecule has 0 spiro atoms. The van der Waals surface area contributed by atoms with E-state index < -0.39 is 23.7 Å². The molecule has 0 radical (unpaired) electrons. The molecule has 0 aliphatic rings. The Kier molecular flexibility index (Phi) is 4.71. The predicted molar refractivity (Wildman–Crippen MR) is 101 cm³/mol. The van der Waals surface area contributed by atoms with Crippen molar-refractivity contribution in [3.05, 3.63) is 71.4 Å². The first-order chi connectivity index (χ1) is 13.8. The Morgan fingerprint density at radius 1 is 1.07 bits per heavy atom. The summed E-state index contributed by atoms with van der Waals surface area (Å²) >= 11 is 1.16. The number of fused-ring (bicyclic) bond motifs is 1. The molecule has 4 rings (SSSR count). The Labute approximate surface area is 166 Å². The van der Waals surface area contributed by atoms with Gasteiger partial charge in [-0.25, -0.2) is 15.0 Å². The molecule has 1 atom stereocenters. The molecule has 146 valence electrons. The van der Waals surface area contributed by atoms with Crippen molar-refractivity contribution in [2.75, 3.05) is 0 Å². The summed E-state index contributed by atoms with van der Waals surface area (Å²) in [6, 6.07) is 11.1. The van der Waals surface area contributed by atoms with Crippen LogP contribution in [0.1, 0.15) is 22.4 Å².